The number of benzene rings is 1. The van der Waals surface area contributed by atoms with Gasteiger partial charge in [-0.1, -0.05) is 12.1 Å². The van der Waals surface area contributed by atoms with Crippen molar-refractivity contribution in [2.45, 2.75) is 44.6 Å². The number of ether oxygens (including phenoxy) is 1. The summed E-state index contributed by atoms with van der Waals surface area (Å²) < 4.78 is 5.20. The highest BCUT2D eigenvalue weighted by molar-refractivity contribution is 5.95. The first kappa shape index (κ1) is 15.2. The normalized spacial score (nSPS) is 38.3. The van der Waals surface area contributed by atoms with Gasteiger partial charge in [0, 0.05) is 5.69 Å². The Hall–Kier alpha value is -2.04. The van der Waals surface area contributed by atoms with E-state index in [1.54, 1.807) is 0 Å². The maximum Gasteiger partial charge on any atom is 0.407 e. The number of rotatable bonds is 3. The Balaban J connectivity index is 1.29. The fraction of sp³-hybridized carbons (Fsp3) is 0.600. The fourth-order valence-corrected chi connectivity index (χ4v) is 6.01. The lowest BCUT2D eigenvalue weighted by atomic mass is 9.49. The van der Waals surface area contributed by atoms with E-state index in [0.29, 0.717) is 6.54 Å². The molecule has 5 aliphatic rings. The van der Waals surface area contributed by atoms with E-state index in [1.165, 1.54) is 19.3 Å². The maximum absolute atomic E-state index is 13.1. The number of nitrogens with one attached hydrogen (secondary N) is 2. The first-order valence-corrected chi connectivity index (χ1v) is 9.45. The van der Waals surface area contributed by atoms with Crippen molar-refractivity contribution in [3.8, 4) is 0 Å². The lowest BCUT2D eigenvalue weighted by Gasteiger charge is -2.55. The molecular formula is C20H24N2O3. The second kappa shape index (κ2) is 5.48. The molecule has 4 aliphatic carbocycles. The van der Waals surface area contributed by atoms with Crippen molar-refractivity contribution in [2.24, 2.45) is 23.2 Å². The van der Waals surface area contributed by atoms with Gasteiger partial charge in [0.15, 0.2) is 0 Å². The van der Waals surface area contributed by atoms with Crippen LogP contribution >= 0.6 is 0 Å². The summed E-state index contributed by atoms with van der Waals surface area (Å²) in [6.45, 7) is 0.498. The van der Waals surface area contributed by atoms with Crippen molar-refractivity contribution in [3.63, 3.8) is 0 Å². The summed E-state index contributed by atoms with van der Waals surface area (Å²) in [6, 6.07) is 7.69. The molecule has 25 heavy (non-hydrogen) atoms. The lowest BCUT2D eigenvalue weighted by Crippen LogP contribution is -2.51. The first-order chi connectivity index (χ1) is 12.1. The minimum atomic E-state index is -0.371. The molecule has 0 aromatic heterocycles. The number of hydrogen-bond donors (Lipinski definition) is 2. The molecule has 2 amide bonds. The zero-order valence-corrected chi connectivity index (χ0v) is 14.3. The second-order valence-corrected chi connectivity index (χ2v) is 8.55. The molecule has 2 N–H and O–H groups in total. The van der Waals surface area contributed by atoms with Crippen molar-refractivity contribution in [1.82, 2.24) is 5.32 Å². The van der Waals surface area contributed by atoms with Crippen LogP contribution in [-0.4, -0.2) is 18.5 Å². The van der Waals surface area contributed by atoms with E-state index in [1.807, 2.05) is 24.3 Å². The van der Waals surface area contributed by atoms with Crippen LogP contribution < -0.4 is 10.6 Å². The molecule has 1 heterocycles. The third-order valence-electron chi connectivity index (χ3n) is 6.74. The topological polar surface area (TPSA) is 67.4 Å². The van der Waals surface area contributed by atoms with Crippen LogP contribution in [0.3, 0.4) is 0 Å². The minimum Gasteiger partial charge on any atom is -0.439 e. The van der Waals surface area contributed by atoms with E-state index >= 15 is 0 Å². The van der Waals surface area contributed by atoms with Gasteiger partial charge >= 0.3 is 6.09 Å². The Bertz CT molecular complexity index is 677. The van der Waals surface area contributed by atoms with E-state index in [-0.39, 0.29) is 23.5 Å². The van der Waals surface area contributed by atoms with Gasteiger partial charge in [-0.25, -0.2) is 4.79 Å². The van der Waals surface area contributed by atoms with Gasteiger partial charge in [0.25, 0.3) is 0 Å². The summed E-state index contributed by atoms with van der Waals surface area (Å²) >= 11 is 0. The molecule has 5 nitrogen and oxygen atoms in total. The van der Waals surface area contributed by atoms with E-state index < -0.39 is 0 Å². The molecule has 1 aliphatic heterocycles. The Kier molecular flexibility index (Phi) is 3.34. The molecule has 4 bridgehead atoms. The largest absolute Gasteiger partial charge is 0.439 e. The highest BCUT2D eigenvalue weighted by Gasteiger charge is 2.54. The van der Waals surface area contributed by atoms with Gasteiger partial charge in [0.1, 0.15) is 6.10 Å². The zero-order valence-electron chi connectivity index (χ0n) is 14.3. The van der Waals surface area contributed by atoms with E-state index in [0.717, 1.165) is 48.3 Å². The molecule has 1 atom stereocenters. The molecule has 1 unspecified atom stereocenters. The number of carbonyl (C=O) groups is 2. The number of carbonyl (C=O) groups excluding carboxylic acids is 2. The maximum atomic E-state index is 13.1. The smallest absolute Gasteiger partial charge is 0.407 e. The van der Waals surface area contributed by atoms with Crippen LogP contribution in [-0.2, 0) is 9.53 Å². The predicted octanol–water partition coefficient (Wildman–Crippen LogP) is 3.62. The minimum absolute atomic E-state index is 0.127. The molecule has 4 saturated carbocycles. The number of anilines is 1. The second-order valence-electron chi connectivity index (χ2n) is 8.55. The average Bonchev–Trinajstić information content (AvgIpc) is 3.01. The first-order valence-electron chi connectivity index (χ1n) is 9.45. The van der Waals surface area contributed by atoms with E-state index in [9.17, 15) is 9.59 Å². The number of cyclic esters (lactones) is 1. The third kappa shape index (κ3) is 2.60. The van der Waals surface area contributed by atoms with Crippen LogP contribution in [0, 0.1) is 23.2 Å². The van der Waals surface area contributed by atoms with Gasteiger partial charge in [-0.05, 0) is 74.0 Å². The molecule has 0 spiro atoms. The Morgan fingerprint density at radius 1 is 1.04 bits per heavy atom. The predicted molar refractivity (Wildman–Crippen MR) is 92.9 cm³/mol. The Labute approximate surface area is 147 Å². The van der Waals surface area contributed by atoms with Crippen LogP contribution in [0.1, 0.15) is 50.2 Å². The number of hydrogen-bond acceptors (Lipinski definition) is 3. The van der Waals surface area contributed by atoms with Gasteiger partial charge in [0.2, 0.25) is 5.91 Å². The summed E-state index contributed by atoms with van der Waals surface area (Å²) in [5, 5.41) is 5.82. The summed E-state index contributed by atoms with van der Waals surface area (Å²) in [4.78, 5) is 24.2. The summed E-state index contributed by atoms with van der Waals surface area (Å²) in [5.74, 6) is 2.52. The van der Waals surface area contributed by atoms with Crippen molar-refractivity contribution >= 4 is 17.7 Å². The van der Waals surface area contributed by atoms with Crippen LogP contribution in [0.5, 0.6) is 0 Å². The van der Waals surface area contributed by atoms with Crippen molar-refractivity contribution in [2.75, 3.05) is 11.9 Å². The molecule has 1 aromatic rings. The molecule has 1 saturated heterocycles. The van der Waals surface area contributed by atoms with E-state index in [2.05, 4.69) is 10.6 Å². The molecule has 1 aromatic carbocycles. The SMILES string of the molecule is O=C1NCC(c2ccc(NC(=O)C34CC5CC(CC(C5)C3)C4)cc2)O1. The average molecular weight is 340 g/mol. The van der Waals surface area contributed by atoms with Crippen molar-refractivity contribution in [3.05, 3.63) is 29.8 Å². The quantitative estimate of drug-likeness (QED) is 0.883. The van der Waals surface area contributed by atoms with Gasteiger partial charge in [-0.2, -0.15) is 0 Å². The summed E-state index contributed by atoms with van der Waals surface area (Å²) in [5.41, 5.74) is 1.66. The van der Waals surface area contributed by atoms with Crippen molar-refractivity contribution in [1.29, 1.82) is 0 Å². The third-order valence-corrected chi connectivity index (χ3v) is 6.74. The van der Waals surface area contributed by atoms with Crippen LogP contribution in [0.4, 0.5) is 10.5 Å². The number of amides is 2. The zero-order chi connectivity index (χ0) is 17.0. The van der Waals surface area contributed by atoms with E-state index in [4.69, 9.17) is 4.74 Å². The molecule has 5 heteroatoms. The standard InChI is InChI=1S/C20H24N2O3/c23-18(20-8-12-5-13(9-20)7-14(6-12)10-20)22-16-3-1-15(2-4-16)17-11-21-19(24)25-17/h1-4,12-14,17H,5-11H2,(H,21,24)(H,22,23). The van der Waals surface area contributed by atoms with Gasteiger partial charge in [-0.3, -0.25) is 4.79 Å². The molecule has 132 valence electrons. The molecule has 0 radical (unpaired) electrons. The fourth-order valence-electron chi connectivity index (χ4n) is 6.01. The number of alkyl carbamates (subject to hydrolysis) is 1. The highest BCUT2D eigenvalue weighted by atomic mass is 16.6. The molecule has 5 fully saturated rings. The monoisotopic (exact) mass is 340 g/mol. The van der Waals surface area contributed by atoms with Crippen LogP contribution in [0.2, 0.25) is 0 Å². The van der Waals surface area contributed by atoms with Gasteiger partial charge in [-0.15, -0.1) is 0 Å². The highest BCUT2D eigenvalue weighted by Crippen LogP contribution is 2.60. The van der Waals surface area contributed by atoms with Crippen molar-refractivity contribution < 1.29 is 14.3 Å². The van der Waals surface area contributed by atoms with Crippen LogP contribution in [0.15, 0.2) is 24.3 Å². The van der Waals surface area contributed by atoms with Gasteiger partial charge < -0.3 is 15.4 Å². The van der Waals surface area contributed by atoms with Gasteiger partial charge in [0.05, 0.1) is 12.0 Å². The van der Waals surface area contributed by atoms with Crippen LogP contribution in [0.25, 0.3) is 0 Å². The summed E-state index contributed by atoms with van der Waals surface area (Å²) in [6.07, 6.45) is 6.65. The lowest BCUT2D eigenvalue weighted by molar-refractivity contribution is -0.140. The molecular weight excluding hydrogens is 316 g/mol. The summed E-state index contributed by atoms with van der Waals surface area (Å²) in [7, 11) is 0. The Morgan fingerprint density at radius 2 is 1.64 bits per heavy atom. The molecule has 6 rings (SSSR count). The Morgan fingerprint density at radius 3 is 2.16 bits per heavy atom.